The largest absolute Gasteiger partial charge is 0.393 e. The van der Waals surface area contributed by atoms with Crippen molar-refractivity contribution in [2.45, 2.75) is 32.2 Å². The Hall–Kier alpha value is -1.82. The van der Waals surface area contributed by atoms with Crippen LogP contribution in [0.25, 0.3) is 0 Å². The molecule has 1 aromatic rings. The van der Waals surface area contributed by atoms with Crippen molar-refractivity contribution in [3.63, 3.8) is 0 Å². The smallest absolute Gasteiger partial charge is 0.292 e. The molecule has 6 nitrogen and oxygen atoms in total. The first kappa shape index (κ1) is 14.6. The third kappa shape index (κ3) is 2.85. The van der Waals surface area contributed by atoms with Crippen LogP contribution in [0, 0.1) is 16.0 Å². The van der Waals surface area contributed by atoms with E-state index in [4.69, 9.17) is 11.5 Å². The van der Waals surface area contributed by atoms with Crippen LogP contribution in [-0.4, -0.2) is 24.1 Å². The second kappa shape index (κ2) is 6.09. The number of nitrogens with two attached hydrogens (primary N) is 2. The molecule has 20 heavy (non-hydrogen) atoms. The standard InChI is InChI=1S/C14H22N4O2/c1-2-10-5-6-17(12(7-10)9-15)11-3-4-14(18(19)20)13(16)8-11/h3-4,8,10,12H,2,5-7,9,15-16H2,1H3. The summed E-state index contributed by atoms with van der Waals surface area (Å²) in [5.41, 5.74) is 12.8. The first-order valence-electron chi connectivity index (χ1n) is 7.07. The van der Waals surface area contributed by atoms with Crippen molar-refractivity contribution in [2.75, 3.05) is 23.7 Å². The Morgan fingerprint density at radius 3 is 2.80 bits per heavy atom. The normalized spacial score (nSPS) is 22.8. The summed E-state index contributed by atoms with van der Waals surface area (Å²) >= 11 is 0. The van der Waals surface area contributed by atoms with Crippen molar-refractivity contribution in [1.29, 1.82) is 0 Å². The fourth-order valence-electron chi connectivity index (χ4n) is 2.96. The Bertz CT molecular complexity index is 492. The van der Waals surface area contributed by atoms with Gasteiger partial charge in [-0.3, -0.25) is 10.1 Å². The van der Waals surface area contributed by atoms with Gasteiger partial charge in [-0.2, -0.15) is 0 Å². The van der Waals surface area contributed by atoms with E-state index >= 15 is 0 Å². The summed E-state index contributed by atoms with van der Waals surface area (Å²) in [4.78, 5) is 12.6. The monoisotopic (exact) mass is 278 g/mol. The molecular formula is C14H22N4O2. The molecule has 1 fully saturated rings. The Morgan fingerprint density at radius 2 is 2.25 bits per heavy atom. The molecule has 0 amide bonds. The molecule has 110 valence electrons. The number of piperidine rings is 1. The molecule has 1 aliphatic rings. The number of hydrogen-bond donors (Lipinski definition) is 2. The maximum atomic E-state index is 10.8. The molecular weight excluding hydrogens is 256 g/mol. The highest BCUT2D eigenvalue weighted by atomic mass is 16.6. The molecule has 2 rings (SSSR count). The third-order valence-electron chi connectivity index (χ3n) is 4.21. The van der Waals surface area contributed by atoms with Crippen LogP contribution in [0.4, 0.5) is 17.1 Å². The van der Waals surface area contributed by atoms with Crippen LogP contribution >= 0.6 is 0 Å². The molecule has 1 heterocycles. The molecule has 4 N–H and O–H groups in total. The Labute approximate surface area is 118 Å². The minimum Gasteiger partial charge on any atom is -0.393 e. The van der Waals surface area contributed by atoms with Crippen LogP contribution in [0.15, 0.2) is 18.2 Å². The van der Waals surface area contributed by atoms with Crippen molar-refractivity contribution in [3.8, 4) is 0 Å². The topological polar surface area (TPSA) is 98.4 Å². The molecule has 0 bridgehead atoms. The number of nitro benzene ring substituents is 1. The van der Waals surface area contributed by atoms with Gasteiger partial charge in [0.2, 0.25) is 0 Å². The van der Waals surface area contributed by atoms with E-state index in [0.717, 1.165) is 31.0 Å². The van der Waals surface area contributed by atoms with Crippen LogP contribution in [0.1, 0.15) is 26.2 Å². The molecule has 0 saturated carbocycles. The molecule has 0 aromatic heterocycles. The lowest BCUT2D eigenvalue weighted by atomic mass is 9.88. The average Bonchev–Trinajstić information content (AvgIpc) is 2.46. The molecule has 0 aliphatic carbocycles. The third-order valence-corrected chi connectivity index (χ3v) is 4.21. The van der Waals surface area contributed by atoms with Gasteiger partial charge >= 0.3 is 0 Å². The van der Waals surface area contributed by atoms with E-state index in [9.17, 15) is 10.1 Å². The molecule has 1 aromatic carbocycles. The van der Waals surface area contributed by atoms with Crippen molar-refractivity contribution in [1.82, 2.24) is 0 Å². The number of rotatable bonds is 4. The van der Waals surface area contributed by atoms with Crippen LogP contribution in [0.5, 0.6) is 0 Å². The molecule has 6 heteroatoms. The predicted octanol–water partition coefficient (Wildman–Crippen LogP) is 2.13. The number of benzene rings is 1. The number of nitrogen functional groups attached to an aromatic ring is 1. The van der Waals surface area contributed by atoms with E-state index in [1.165, 1.54) is 12.5 Å². The van der Waals surface area contributed by atoms with Crippen LogP contribution in [-0.2, 0) is 0 Å². The zero-order chi connectivity index (χ0) is 14.7. The fourth-order valence-corrected chi connectivity index (χ4v) is 2.96. The van der Waals surface area contributed by atoms with Gasteiger partial charge in [0.05, 0.1) is 4.92 Å². The van der Waals surface area contributed by atoms with Crippen LogP contribution in [0.2, 0.25) is 0 Å². The van der Waals surface area contributed by atoms with Gasteiger partial charge in [-0.25, -0.2) is 0 Å². The summed E-state index contributed by atoms with van der Waals surface area (Å²) in [5.74, 6) is 0.718. The van der Waals surface area contributed by atoms with E-state index in [2.05, 4.69) is 11.8 Å². The average molecular weight is 278 g/mol. The van der Waals surface area contributed by atoms with E-state index in [-0.39, 0.29) is 17.4 Å². The van der Waals surface area contributed by atoms with Crippen molar-refractivity contribution in [3.05, 3.63) is 28.3 Å². The van der Waals surface area contributed by atoms with Gasteiger partial charge in [0.15, 0.2) is 0 Å². The second-order valence-electron chi connectivity index (χ2n) is 5.38. The lowest BCUT2D eigenvalue weighted by molar-refractivity contribution is -0.383. The Kier molecular flexibility index (Phi) is 4.44. The molecule has 2 unspecified atom stereocenters. The summed E-state index contributed by atoms with van der Waals surface area (Å²) in [6, 6.07) is 5.22. The van der Waals surface area contributed by atoms with Gasteiger partial charge in [-0.05, 0) is 30.9 Å². The number of hydrogen-bond acceptors (Lipinski definition) is 5. The van der Waals surface area contributed by atoms with E-state index in [1.54, 1.807) is 12.1 Å². The quantitative estimate of drug-likeness (QED) is 0.499. The predicted molar refractivity (Wildman–Crippen MR) is 80.7 cm³/mol. The number of nitrogens with zero attached hydrogens (tertiary/aromatic N) is 2. The van der Waals surface area contributed by atoms with Gasteiger partial charge in [0.1, 0.15) is 5.69 Å². The van der Waals surface area contributed by atoms with Gasteiger partial charge in [0.25, 0.3) is 5.69 Å². The van der Waals surface area contributed by atoms with E-state index in [0.29, 0.717) is 6.54 Å². The number of anilines is 2. The fraction of sp³-hybridized carbons (Fsp3) is 0.571. The highest BCUT2D eigenvalue weighted by Crippen LogP contribution is 2.32. The van der Waals surface area contributed by atoms with Crippen LogP contribution in [0.3, 0.4) is 0 Å². The highest BCUT2D eigenvalue weighted by Gasteiger charge is 2.27. The summed E-state index contributed by atoms with van der Waals surface area (Å²) < 4.78 is 0. The molecule has 0 radical (unpaired) electrons. The SMILES string of the molecule is CCC1CCN(c2ccc([N+](=O)[O-])c(N)c2)C(CN)C1. The maximum absolute atomic E-state index is 10.8. The van der Waals surface area contributed by atoms with Gasteiger partial charge in [-0.1, -0.05) is 13.3 Å². The van der Waals surface area contributed by atoms with Crippen LogP contribution < -0.4 is 16.4 Å². The number of nitro groups is 1. The summed E-state index contributed by atoms with van der Waals surface area (Å²) in [6.45, 7) is 3.72. The summed E-state index contributed by atoms with van der Waals surface area (Å²) in [6.07, 6.45) is 3.38. The lowest BCUT2D eigenvalue weighted by Crippen LogP contribution is -2.46. The second-order valence-corrected chi connectivity index (χ2v) is 5.38. The first-order valence-corrected chi connectivity index (χ1v) is 7.07. The molecule has 1 aliphatic heterocycles. The summed E-state index contributed by atoms with van der Waals surface area (Å²) in [5, 5.41) is 10.8. The van der Waals surface area contributed by atoms with E-state index < -0.39 is 4.92 Å². The molecule has 0 spiro atoms. The van der Waals surface area contributed by atoms with Crippen molar-refractivity contribution < 1.29 is 4.92 Å². The minimum absolute atomic E-state index is 0.0403. The van der Waals surface area contributed by atoms with Gasteiger partial charge in [0, 0.05) is 30.9 Å². The van der Waals surface area contributed by atoms with E-state index in [1.807, 2.05) is 0 Å². The minimum atomic E-state index is -0.456. The highest BCUT2D eigenvalue weighted by molar-refractivity contribution is 5.67. The summed E-state index contributed by atoms with van der Waals surface area (Å²) in [7, 11) is 0. The lowest BCUT2D eigenvalue weighted by Gasteiger charge is -2.40. The molecule has 2 atom stereocenters. The van der Waals surface area contributed by atoms with Crippen molar-refractivity contribution in [2.24, 2.45) is 11.7 Å². The van der Waals surface area contributed by atoms with Gasteiger partial charge < -0.3 is 16.4 Å². The van der Waals surface area contributed by atoms with Crippen molar-refractivity contribution >= 4 is 17.1 Å². The van der Waals surface area contributed by atoms with Gasteiger partial charge in [-0.15, -0.1) is 0 Å². The molecule has 1 saturated heterocycles. The zero-order valence-corrected chi connectivity index (χ0v) is 11.8. The Balaban J connectivity index is 2.22. The maximum Gasteiger partial charge on any atom is 0.292 e. The zero-order valence-electron chi connectivity index (χ0n) is 11.8. The first-order chi connectivity index (χ1) is 9.56. The Morgan fingerprint density at radius 1 is 1.50 bits per heavy atom.